The number of aryl methyl sites for hydroxylation is 1. The molecule has 3 rings (SSSR count). The van der Waals surface area contributed by atoms with E-state index >= 15 is 0 Å². The summed E-state index contributed by atoms with van der Waals surface area (Å²) in [4.78, 5) is 15.0. The minimum absolute atomic E-state index is 0.0108. The molecule has 0 radical (unpaired) electrons. The highest BCUT2D eigenvalue weighted by molar-refractivity contribution is 6.31. The molecule has 102 valence electrons. The Hall–Kier alpha value is -2.14. The Morgan fingerprint density at radius 2 is 2.25 bits per heavy atom. The summed E-state index contributed by atoms with van der Waals surface area (Å²) in [6, 6.07) is 8.45. The van der Waals surface area contributed by atoms with Crippen molar-refractivity contribution in [1.82, 2.24) is 4.98 Å². The highest BCUT2D eigenvalue weighted by Crippen LogP contribution is 2.36. The van der Waals surface area contributed by atoms with E-state index in [1.807, 2.05) is 12.1 Å². The summed E-state index contributed by atoms with van der Waals surface area (Å²) in [5.41, 5.74) is 2.61. The number of nitro benzene ring substituents is 1. The van der Waals surface area contributed by atoms with Crippen molar-refractivity contribution in [2.75, 3.05) is 5.32 Å². The van der Waals surface area contributed by atoms with Crippen LogP contribution in [0.5, 0.6) is 0 Å². The fourth-order valence-corrected chi connectivity index (χ4v) is 2.70. The molecule has 1 heterocycles. The molecule has 0 spiro atoms. The predicted octanol–water partition coefficient (Wildman–Crippen LogP) is 3.74. The van der Waals surface area contributed by atoms with Gasteiger partial charge in [0.15, 0.2) is 0 Å². The standard InChI is InChI=1S/C14H12ClN3O2/c15-10-4-6-13(18(19)20)12(8-10)17-11-5-3-9-2-1-7-16-14(9)11/h1-2,4,6-8,11,17H,3,5H2. The van der Waals surface area contributed by atoms with E-state index in [0.29, 0.717) is 10.7 Å². The summed E-state index contributed by atoms with van der Waals surface area (Å²) >= 11 is 5.93. The van der Waals surface area contributed by atoms with Crippen LogP contribution in [-0.2, 0) is 6.42 Å². The van der Waals surface area contributed by atoms with Gasteiger partial charge in [0.05, 0.1) is 16.7 Å². The third kappa shape index (κ3) is 2.32. The maximum atomic E-state index is 11.1. The number of benzene rings is 1. The molecule has 1 aliphatic rings. The van der Waals surface area contributed by atoms with Gasteiger partial charge in [-0.3, -0.25) is 15.1 Å². The topological polar surface area (TPSA) is 68.1 Å². The quantitative estimate of drug-likeness (QED) is 0.690. The van der Waals surface area contributed by atoms with Gasteiger partial charge in [-0.25, -0.2) is 0 Å². The Morgan fingerprint density at radius 1 is 1.40 bits per heavy atom. The molecule has 1 aliphatic carbocycles. The number of hydrogen-bond donors (Lipinski definition) is 1. The SMILES string of the molecule is O=[N+]([O-])c1ccc(Cl)cc1NC1CCc2cccnc21. The van der Waals surface area contributed by atoms with E-state index in [9.17, 15) is 10.1 Å². The summed E-state index contributed by atoms with van der Waals surface area (Å²) in [5, 5.41) is 14.7. The van der Waals surface area contributed by atoms with Crippen LogP contribution < -0.4 is 5.32 Å². The van der Waals surface area contributed by atoms with Crippen LogP contribution in [0.25, 0.3) is 0 Å². The van der Waals surface area contributed by atoms with Crippen LogP contribution >= 0.6 is 11.6 Å². The first kappa shape index (κ1) is 12.9. The first-order valence-electron chi connectivity index (χ1n) is 6.29. The molecule has 1 aromatic heterocycles. The van der Waals surface area contributed by atoms with Gasteiger partial charge in [-0.05, 0) is 36.6 Å². The lowest BCUT2D eigenvalue weighted by Gasteiger charge is -2.14. The van der Waals surface area contributed by atoms with Crippen LogP contribution in [0.1, 0.15) is 23.7 Å². The maximum Gasteiger partial charge on any atom is 0.292 e. The van der Waals surface area contributed by atoms with Crippen LogP contribution in [0.4, 0.5) is 11.4 Å². The largest absolute Gasteiger partial charge is 0.371 e. The number of anilines is 1. The lowest BCUT2D eigenvalue weighted by Crippen LogP contribution is -2.10. The van der Waals surface area contributed by atoms with Crippen molar-refractivity contribution in [2.24, 2.45) is 0 Å². The van der Waals surface area contributed by atoms with Gasteiger partial charge in [-0.2, -0.15) is 0 Å². The molecule has 0 saturated heterocycles. The molecule has 1 atom stereocenters. The van der Waals surface area contributed by atoms with Gasteiger partial charge in [0.25, 0.3) is 5.69 Å². The number of nitro groups is 1. The fourth-order valence-electron chi connectivity index (χ4n) is 2.52. The van der Waals surface area contributed by atoms with Crippen LogP contribution in [0.2, 0.25) is 5.02 Å². The van der Waals surface area contributed by atoms with E-state index in [1.54, 1.807) is 12.3 Å². The molecule has 20 heavy (non-hydrogen) atoms. The lowest BCUT2D eigenvalue weighted by atomic mass is 10.2. The molecule has 1 N–H and O–H groups in total. The van der Waals surface area contributed by atoms with Crippen molar-refractivity contribution in [3.05, 3.63) is 62.9 Å². The van der Waals surface area contributed by atoms with E-state index in [4.69, 9.17) is 11.6 Å². The third-order valence-electron chi connectivity index (χ3n) is 3.44. The molecule has 2 aromatic rings. The van der Waals surface area contributed by atoms with E-state index in [-0.39, 0.29) is 11.7 Å². The molecule has 0 amide bonds. The van der Waals surface area contributed by atoms with Gasteiger partial charge < -0.3 is 5.32 Å². The Kier molecular flexibility index (Phi) is 3.28. The number of hydrogen-bond acceptors (Lipinski definition) is 4. The summed E-state index contributed by atoms with van der Waals surface area (Å²) in [7, 11) is 0. The Labute approximate surface area is 120 Å². The van der Waals surface area contributed by atoms with Gasteiger partial charge in [0.2, 0.25) is 0 Å². The second-order valence-corrected chi connectivity index (χ2v) is 5.14. The van der Waals surface area contributed by atoms with E-state index in [0.717, 1.165) is 18.5 Å². The minimum Gasteiger partial charge on any atom is -0.371 e. The highest BCUT2D eigenvalue weighted by Gasteiger charge is 2.25. The van der Waals surface area contributed by atoms with Crippen LogP contribution in [-0.4, -0.2) is 9.91 Å². The molecule has 0 saturated carbocycles. The maximum absolute atomic E-state index is 11.1. The molecule has 0 fully saturated rings. The molecule has 0 aliphatic heterocycles. The van der Waals surface area contributed by atoms with Gasteiger partial charge >= 0.3 is 0 Å². The molecule has 6 heteroatoms. The monoisotopic (exact) mass is 289 g/mol. The number of fused-ring (bicyclic) bond motifs is 1. The Balaban J connectivity index is 1.93. The minimum atomic E-state index is -0.410. The lowest BCUT2D eigenvalue weighted by molar-refractivity contribution is -0.384. The number of nitrogens with one attached hydrogen (secondary N) is 1. The number of aromatic nitrogens is 1. The third-order valence-corrected chi connectivity index (χ3v) is 3.68. The summed E-state index contributed by atoms with van der Waals surface area (Å²) < 4.78 is 0. The predicted molar refractivity (Wildman–Crippen MR) is 77.0 cm³/mol. The van der Waals surface area contributed by atoms with Crippen LogP contribution in [0.15, 0.2) is 36.5 Å². The normalized spacial score (nSPS) is 16.8. The zero-order valence-corrected chi connectivity index (χ0v) is 11.3. The average molecular weight is 290 g/mol. The first-order valence-corrected chi connectivity index (χ1v) is 6.67. The number of halogens is 1. The smallest absolute Gasteiger partial charge is 0.292 e. The summed E-state index contributed by atoms with van der Waals surface area (Å²) in [6.07, 6.45) is 3.54. The summed E-state index contributed by atoms with van der Waals surface area (Å²) in [5.74, 6) is 0. The second kappa shape index (κ2) is 5.09. The molecule has 5 nitrogen and oxygen atoms in total. The first-order chi connectivity index (χ1) is 9.65. The van der Waals surface area contributed by atoms with Gasteiger partial charge in [0.1, 0.15) is 5.69 Å². The average Bonchev–Trinajstić information content (AvgIpc) is 2.82. The van der Waals surface area contributed by atoms with Crippen molar-refractivity contribution in [3.63, 3.8) is 0 Å². The number of rotatable bonds is 3. The zero-order valence-electron chi connectivity index (χ0n) is 10.5. The van der Waals surface area contributed by atoms with E-state index in [2.05, 4.69) is 10.3 Å². The number of nitrogens with zero attached hydrogens (tertiary/aromatic N) is 2. The van der Waals surface area contributed by atoms with Crippen molar-refractivity contribution in [3.8, 4) is 0 Å². The van der Waals surface area contributed by atoms with Gasteiger partial charge in [0, 0.05) is 17.3 Å². The van der Waals surface area contributed by atoms with Crippen LogP contribution in [0, 0.1) is 10.1 Å². The van der Waals surface area contributed by atoms with Crippen molar-refractivity contribution in [1.29, 1.82) is 0 Å². The van der Waals surface area contributed by atoms with Crippen molar-refractivity contribution < 1.29 is 4.92 Å². The van der Waals surface area contributed by atoms with Crippen LogP contribution in [0.3, 0.4) is 0 Å². The second-order valence-electron chi connectivity index (χ2n) is 4.70. The van der Waals surface area contributed by atoms with E-state index < -0.39 is 4.92 Å². The molecule has 0 bridgehead atoms. The van der Waals surface area contributed by atoms with Gasteiger partial charge in [-0.15, -0.1) is 0 Å². The Bertz CT molecular complexity index is 675. The van der Waals surface area contributed by atoms with Crippen molar-refractivity contribution in [2.45, 2.75) is 18.9 Å². The van der Waals surface area contributed by atoms with Crippen molar-refractivity contribution >= 4 is 23.0 Å². The summed E-state index contributed by atoms with van der Waals surface area (Å²) in [6.45, 7) is 0. The highest BCUT2D eigenvalue weighted by atomic mass is 35.5. The molecular weight excluding hydrogens is 278 g/mol. The number of pyridine rings is 1. The molecule has 1 unspecified atom stereocenters. The molecular formula is C14H12ClN3O2. The van der Waals surface area contributed by atoms with Gasteiger partial charge in [-0.1, -0.05) is 17.7 Å². The fraction of sp³-hybridized carbons (Fsp3) is 0.214. The van der Waals surface area contributed by atoms with E-state index in [1.165, 1.54) is 17.7 Å². The Morgan fingerprint density at radius 3 is 3.05 bits per heavy atom. The molecule has 1 aromatic carbocycles. The zero-order chi connectivity index (χ0) is 14.1.